The third-order valence-corrected chi connectivity index (χ3v) is 7.22. The van der Waals surface area contributed by atoms with Crippen molar-refractivity contribution in [2.75, 3.05) is 13.6 Å². The number of nitrogens with zero attached hydrogens (tertiary/aromatic N) is 1. The van der Waals surface area contributed by atoms with Gasteiger partial charge in [0.1, 0.15) is 6.10 Å². The summed E-state index contributed by atoms with van der Waals surface area (Å²) in [6.07, 6.45) is 4.72. The minimum Gasteiger partial charge on any atom is -0.481 e. The zero-order chi connectivity index (χ0) is 25.5. The first-order valence-corrected chi connectivity index (χ1v) is 11.6. The molecular formula is C25H29NO9. The summed E-state index contributed by atoms with van der Waals surface area (Å²) in [5.41, 5.74) is 2.15. The average Bonchev–Trinajstić information content (AvgIpc) is 3.12. The zero-order valence-corrected chi connectivity index (χ0v) is 19.9. The number of hydrogen-bond acceptors (Lipinski definition) is 8. The molecule has 1 fully saturated rings. The Labute approximate surface area is 202 Å². The third kappa shape index (κ3) is 4.38. The van der Waals surface area contributed by atoms with Gasteiger partial charge in [0.2, 0.25) is 0 Å². The molecule has 5 atom stereocenters. The lowest BCUT2D eigenvalue weighted by atomic mass is 9.53. The van der Waals surface area contributed by atoms with Crippen molar-refractivity contribution in [3.63, 3.8) is 0 Å². The van der Waals surface area contributed by atoms with E-state index in [2.05, 4.69) is 24.1 Å². The van der Waals surface area contributed by atoms with E-state index in [1.54, 1.807) is 0 Å². The number of ether oxygens (including phenoxy) is 3. The lowest BCUT2D eigenvalue weighted by Crippen LogP contribution is -2.65. The van der Waals surface area contributed by atoms with E-state index in [4.69, 9.17) is 24.4 Å². The maximum atomic E-state index is 11.7. The van der Waals surface area contributed by atoms with Crippen LogP contribution in [-0.4, -0.2) is 70.8 Å². The van der Waals surface area contributed by atoms with Crippen molar-refractivity contribution in [1.29, 1.82) is 0 Å². The molecule has 0 saturated carbocycles. The van der Waals surface area contributed by atoms with Crippen molar-refractivity contribution in [1.82, 2.24) is 4.90 Å². The van der Waals surface area contributed by atoms with Crippen LogP contribution in [0.5, 0.6) is 11.5 Å². The topological polar surface area (TPSA) is 140 Å². The summed E-state index contributed by atoms with van der Waals surface area (Å²) >= 11 is 0. The van der Waals surface area contributed by atoms with Crippen LogP contribution >= 0.6 is 0 Å². The summed E-state index contributed by atoms with van der Waals surface area (Å²) in [4.78, 5) is 45.0. The molecule has 10 heteroatoms. The van der Waals surface area contributed by atoms with Crippen LogP contribution in [0.25, 0.3) is 0 Å². The number of piperidine rings is 1. The van der Waals surface area contributed by atoms with Gasteiger partial charge < -0.3 is 29.3 Å². The molecule has 0 amide bonds. The van der Waals surface area contributed by atoms with Crippen LogP contribution in [-0.2, 0) is 35.8 Å². The molecule has 1 aromatic carbocycles. The van der Waals surface area contributed by atoms with Gasteiger partial charge in [-0.25, -0.2) is 0 Å². The molecule has 2 N–H and O–H groups in total. The smallest absolute Gasteiger partial charge is 0.308 e. The van der Waals surface area contributed by atoms with Gasteiger partial charge in [-0.05, 0) is 44.1 Å². The molecule has 0 radical (unpaired) electrons. The number of benzene rings is 1. The minimum atomic E-state index is -1.08. The Bertz CT molecular complexity index is 1080. The molecule has 0 aromatic heterocycles. The minimum absolute atomic E-state index is 0.245. The number of aliphatic carboxylic acids is 2. The highest BCUT2D eigenvalue weighted by Gasteiger charge is 2.65. The van der Waals surface area contributed by atoms with Gasteiger partial charge in [-0.15, -0.1) is 0 Å². The van der Waals surface area contributed by atoms with Gasteiger partial charge in [-0.2, -0.15) is 0 Å². The van der Waals surface area contributed by atoms with Crippen LogP contribution in [0.3, 0.4) is 0 Å². The Morgan fingerprint density at radius 2 is 1.77 bits per heavy atom. The summed E-state index contributed by atoms with van der Waals surface area (Å²) in [7, 11) is 2.17. The fraction of sp³-hybridized carbons (Fsp3) is 0.520. The fourth-order valence-electron chi connectivity index (χ4n) is 5.95. The van der Waals surface area contributed by atoms with Crippen molar-refractivity contribution < 1.29 is 43.6 Å². The summed E-state index contributed by atoms with van der Waals surface area (Å²) in [5.74, 6) is -1.44. The first kappa shape index (κ1) is 24.7. The van der Waals surface area contributed by atoms with Gasteiger partial charge >= 0.3 is 23.9 Å². The highest BCUT2D eigenvalue weighted by atomic mass is 16.6. The van der Waals surface area contributed by atoms with Crippen LogP contribution in [0.4, 0.5) is 0 Å². The fourth-order valence-corrected chi connectivity index (χ4v) is 5.95. The van der Waals surface area contributed by atoms with Crippen molar-refractivity contribution >= 4 is 23.9 Å². The van der Waals surface area contributed by atoms with Gasteiger partial charge in [-0.1, -0.05) is 12.1 Å². The molecular weight excluding hydrogens is 458 g/mol. The summed E-state index contributed by atoms with van der Waals surface area (Å²) in [6.45, 7) is 3.77. The van der Waals surface area contributed by atoms with E-state index >= 15 is 0 Å². The van der Waals surface area contributed by atoms with Crippen molar-refractivity contribution in [3.05, 3.63) is 35.4 Å². The van der Waals surface area contributed by atoms with E-state index in [1.165, 1.54) is 19.4 Å². The zero-order valence-electron chi connectivity index (χ0n) is 19.9. The van der Waals surface area contributed by atoms with Gasteiger partial charge in [0, 0.05) is 36.8 Å². The molecule has 2 heterocycles. The Balaban J connectivity index is 0.000000314. The Kier molecular flexibility index (Phi) is 6.59. The second kappa shape index (κ2) is 9.33. The number of likely N-dealkylation sites (tertiary alicyclic amines) is 1. The van der Waals surface area contributed by atoms with Crippen molar-refractivity contribution in [2.45, 2.75) is 63.2 Å². The first-order chi connectivity index (χ1) is 16.5. The third-order valence-electron chi connectivity index (χ3n) is 7.22. The Morgan fingerprint density at radius 3 is 2.37 bits per heavy atom. The monoisotopic (exact) mass is 487 g/mol. The molecule has 1 saturated heterocycles. The number of carboxylic acids is 2. The molecule has 1 aromatic rings. The number of carbonyl (C=O) groups excluding carboxylic acids is 2. The van der Waals surface area contributed by atoms with Crippen molar-refractivity contribution in [2.24, 2.45) is 5.92 Å². The number of carboxylic acid groups (broad SMARTS) is 2. The lowest BCUT2D eigenvalue weighted by molar-refractivity contribution is -0.152. The van der Waals surface area contributed by atoms with E-state index in [9.17, 15) is 19.2 Å². The largest absolute Gasteiger partial charge is 0.481 e. The van der Waals surface area contributed by atoms with Crippen LogP contribution in [0.1, 0.15) is 44.2 Å². The number of esters is 2. The molecule has 10 nitrogen and oxygen atoms in total. The Morgan fingerprint density at radius 1 is 1.09 bits per heavy atom. The number of likely N-dealkylation sites (N-methyl/N-ethyl adjacent to an activating group) is 1. The molecule has 1 spiro atoms. The average molecular weight is 488 g/mol. The van der Waals surface area contributed by atoms with Gasteiger partial charge in [0.05, 0.1) is 12.8 Å². The number of rotatable bonds is 5. The van der Waals surface area contributed by atoms with Crippen LogP contribution < -0.4 is 9.47 Å². The molecule has 5 rings (SSSR count). The van der Waals surface area contributed by atoms with E-state index in [0.29, 0.717) is 17.5 Å². The summed E-state index contributed by atoms with van der Waals surface area (Å²) in [6, 6.07) is 4.28. The van der Waals surface area contributed by atoms with Crippen LogP contribution in [0.2, 0.25) is 0 Å². The second-order valence-electron chi connectivity index (χ2n) is 9.37. The molecule has 2 aliphatic carbocycles. The number of carbonyl (C=O) groups is 4. The second-order valence-corrected chi connectivity index (χ2v) is 9.37. The van der Waals surface area contributed by atoms with Crippen LogP contribution in [0.15, 0.2) is 24.3 Å². The standard InChI is InChI=1S/C21H23NO5.C4H6O4/c1-11(23)25-16-6-4-13-10-15-14-5-7-17(26-12(2)24)20-21(14,8-9-22(15)3)18(13)19(16)27-20;5-3(6)1-2-4(7)8/h4-7,14-15,17,20H,8-10H2,1-3H3;1-2H2,(H,5,6)(H,7,8)/t14-,15+,17-,20-,21-;/m0./s1. The summed E-state index contributed by atoms with van der Waals surface area (Å²) < 4.78 is 17.5. The van der Waals surface area contributed by atoms with Gasteiger partial charge in [-0.3, -0.25) is 19.2 Å². The van der Waals surface area contributed by atoms with E-state index < -0.39 is 18.0 Å². The van der Waals surface area contributed by atoms with Gasteiger partial charge in [0.15, 0.2) is 17.6 Å². The maximum Gasteiger partial charge on any atom is 0.308 e. The normalized spacial score (nSPS) is 29.1. The van der Waals surface area contributed by atoms with E-state index in [1.807, 2.05) is 12.1 Å². The Hall–Kier alpha value is -3.40. The van der Waals surface area contributed by atoms with Crippen LogP contribution in [0, 0.1) is 5.92 Å². The predicted octanol–water partition coefficient (Wildman–Crippen LogP) is 1.92. The molecule has 35 heavy (non-hydrogen) atoms. The lowest BCUT2D eigenvalue weighted by Gasteiger charge is -2.56. The molecule has 0 unspecified atom stereocenters. The van der Waals surface area contributed by atoms with Gasteiger partial charge in [0.25, 0.3) is 0 Å². The number of hydrogen-bond donors (Lipinski definition) is 2. The highest BCUT2D eigenvalue weighted by Crippen LogP contribution is 2.62. The van der Waals surface area contributed by atoms with Crippen molar-refractivity contribution in [3.8, 4) is 11.5 Å². The van der Waals surface area contributed by atoms with E-state index in [-0.39, 0.29) is 42.2 Å². The quantitative estimate of drug-likeness (QED) is 0.360. The van der Waals surface area contributed by atoms with E-state index in [0.717, 1.165) is 24.9 Å². The molecule has 188 valence electrons. The predicted molar refractivity (Wildman–Crippen MR) is 121 cm³/mol. The first-order valence-electron chi connectivity index (χ1n) is 11.6. The summed E-state index contributed by atoms with van der Waals surface area (Å²) in [5, 5.41) is 15.8. The molecule has 2 bridgehead atoms. The maximum absolute atomic E-state index is 11.7. The molecule has 2 aliphatic heterocycles. The highest BCUT2D eigenvalue weighted by molar-refractivity contribution is 5.75. The SMILES string of the molecule is CC(=O)Oc1ccc2c3c1O[C@H]1[C@@H](OC(C)=O)C=C[C@H]4[C@@H](C2)N(C)CC[C@@]341.O=C(O)CCC(=O)O. The molecule has 4 aliphatic rings.